The predicted octanol–water partition coefficient (Wildman–Crippen LogP) is 15.0. The maximum absolute atomic E-state index is 9.00. The van der Waals surface area contributed by atoms with Gasteiger partial charge in [-0.3, -0.25) is 0 Å². The van der Waals surface area contributed by atoms with Gasteiger partial charge in [0.05, 0.1) is 6.85 Å². The molecule has 0 spiro atoms. The van der Waals surface area contributed by atoms with Crippen molar-refractivity contribution in [3.8, 4) is 78.7 Å². The molecule has 0 saturated heterocycles. The van der Waals surface area contributed by atoms with Crippen molar-refractivity contribution in [3.63, 3.8) is 0 Å². The van der Waals surface area contributed by atoms with Gasteiger partial charge in [-0.05, 0) is 125 Å². The summed E-state index contributed by atoms with van der Waals surface area (Å²) in [7, 11) is 0. The monoisotopic (exact) mass is 768 g/mol. The Labute approximate surface area is 356 Å². The Bertz CT molecular complexity index is 3640. The maximum Gasteiger partial charge on any atom is 0.164 e. The predicted molar refractivity (Wildman–Crippen MR) is 250 cm³/mol. The zero-order valence-corrected chi connectivity index (χ0v) is 32.3. The van der Waals surface area contributed by atoms with E-state index in [1.165, 1.54) is 10.8 Å². The van der Waals surface area contributed by atoms with Gasteiger partial charge in [-0.25, -0.2) is 15.0 Å². The molecule has 0 aliphatic heterocycles. The van der Waals surface area contributed by atoms with Crippen LogP contribution in [-0.2, 0) is 0 Å². The molecule has 0 bridgehead atoms. The molecule has 0 aliphatic rings. The van der Waals surface area contributed by atoms with Crippen LogP contribution in [-0.4, -0.2) is 15.0 Å². The first-order valence-corrected chi connectivity index (χ1v) is 19.9. The topological polar surface area (TPSA) is 38.7 Å². The minimum Gasteiger partial charge on any atom is -0.208 e. The second-order valence-electron chi connectivity index (χ2n) is 14.9. The van der Waals surface area contributed by atoms with Crippen LogP contribution >= 0.6 is 0 Å². The van der Waals surface area contributed by atoms with E-state index in [2.05, 4.69) is 115 Å². The summed E-state index contributed by atoms with van der Waals surface area (Å²) in [6.07, 6.45) is 0. The molecular weight excluding hydrogens is 727 g/mol. The molecule has 3 heteroatoms. The standard InChI is InChI=1S/C57H37N3/c1-4-14-38(15-5-1)49-34-50(47-29-28-45-31-44(26-27-46(45)32-47)43-25-24-39-16-10-11-21-42(39)30-43)36-51(35-49)56-58-55(41-19-8-3-9-20-41)59-57(60-56)52-33-48-22-12-13-23-53(48)54(37-52)40-17-6-2-7-18-40/h1-37H/i1D,4D,5D,14D,15D. The van der Waals surface area contributed by atoms with Crippen LogP contribution in [0.25, 0.3) is 111 Å². The van der Waals surface area contributed by atoms with E-state index in [-0.39, 0.29) is 17.6 Å². The highest BCUT2D eigenvalue weighted by atomic mass is 15.0. The van der Waals surface area contributed by atoms with Gasteiger partial charge in [-0.1, -0.05) is 176 Å². The van der Waals surface area contributed by atoms with Crippen LogP contribution in [0.1, 0.15) is 6.85 Å². The van der Waals surface area contributed by atoms with Gasteiger partial charge in [0.15, 0.2) is 17.5 Å². The largest absolute Gasteiger partial charge is 0.208 e. The van der Waals surface area contributed by atoms with E-state index < -0.39 is 18.1 Å². The molecule has 0 atom stereocenters. The number of nitrogens with zero attached hydrogens (tertiary/aromatic N) is 3. The molecule has 280 valence electrons. The first-order chi connectivity index (χ1) is 31.8. The number of fused-ring (bicyclic) bond motifs is 3. The quantitative estimate of drug-likeness (QED) is 0.162. The third-order valence-electron chi connectivity index (χ3n) is 11.1. The molecule has 0 unspecified atom stereocenters. The van der Waals surface area contributed by atoms with Crippen molar-refractivity contribution < 1.29 is 6.85 Å². The first-order valence-electron chi connectivity index (χ1n) is 22.4. The summed E-state index contributed by atoms with van der Waals surface area (Å²) in [6.45, 7) is 0. The fraction of sp³-hybridized carbons (Fsp3) is 0. The van der Waals surface area contributed by atoms with Crippen LogP contribution in [0.5, 0.6) is 0 Å². The number of hydrogen-bond acceptors (Lipinski definition) is 3. The van der Waals surface area contributed by atoms with Crippen LogP contribution in [0.2, 0.25) is 0 Å². The van der Waals surface area contributed by atoms with Gasteiger partial charge < -0.3 is 0 Å². The third kappa shape index (κ3) is 6.78. The van der Waals surface area contributed by atoms with E-state index in [9.17, 15) is 0 Å². The van der Waals surface area contributed by atoms with E-state index in [0.29, 0.717) is 28.6 Å². The summed E-state index contributed by atoms with van der Waals surface area (Å²) < 4.78 is 43.5. The van der Waals surface area contributed by atoms with Crippen LogP contribution in [0.4, 0.5) is 0 Å². The average molecular weight is 769 g/mol. The van der Waals surface area contributed by atoms with Crippen molar-refractivity contribution in [1.82, 2.24) is 15.0 Å². The van der Waals surface area contributed by atoms with Crippen LogP contribution in [0, 0.1) is 0 Å². The fourth-order valence-corrected chi connectivity index (χ4v) is 8.08. The number of benzene rings is 10. The molecule has 1 aromatic heterocycles. The Hall–Kier alpha value is -8.01. The SMILES string of the molecule is [2H]c1c([2H])c([2H])c(-c2cc(-c3ccc4cc(-c5ccc6ccccc6c5)ccc4c3)cc(-c3nc(-c4ccccc4)nc(-c4cc(-c5ccccc5)c5ccccc5c4)n3)c2)c([2H])c1[2H]. The van der Waals surface area contributed by atoms with Gasteiger partial charge in [-0.2, -0.15) is 0 Å². The molecule has 10 aromatic carbocycles. The van der Waals surface area contributed by atoms with Crippen molar-refractivity contribution in [2.24, 2.45) is 0 Å². The fourth-order valence-electron chi connectivity index (χ4n) is 8.08. The van der Waals surface area contributed by atoms with Crippen molar-refractivity contribution in [1.29, 1.82) is 0 Å². The smallest absolute Gasteiger partial charge is 0.164 e. The number of hydrogen-bond donors (Lipinski definition) is 0. The lowest BCUT2D eigenvalue weighted by molar-refractivity contribution is 1.07. The Morgan fingerprint density at radius 1 is 0.267 bits per heavy atom. The lowest BCUT2D eigenvalue weighted by Crippen LogP contribution is -2.01. The Morgan fingerprint density at radius 2 is 0.700 bits per heavy atom. The second kappa shape index (κ2) is 15.1. The van der Waals surface area contributed by atoms with E-state index in [4.69, 9.17) is 21.8 Å². The highest BCUT2D eigenvalue weighted by molar-refractivity contribution is 6.00. The zero-order chi connectivity index (χ0) is 44.2. The Morgan fingerprint density at radius 3 is 1.35 bits per heavy atom. The van der Waals surface area contributed by atoms with Gasteiger partial charge in [0.1, 0.15) is 0 Å². The lowest BCUT2D eigenvalue weighted by Gasteiger charge is -2.14. The highest BCUT2D eigenvalue weighted by Crippen LogP contribution is 2.37. The molecule has 11 rings (SSSR count). The van der Waals surface area contributed by atoms with Crippen molar-refractivity contribution in [2.45, 2.75) is 0 Å². The van der Waals surface area contributed by atoms with E-state index in [1.807, 2.05) is 78.9 Å². The summed E-state index contributed by atoms with van der Waals surface area (Å²) in [5, 5.41) is 6.63. The molecule has 0 N–H and O–H groups in total. The van der Waals surface area contributed by atoms with Crippen LogP contribution < -0.4 is 0 Å². The molecule has 1 heterocycles. The molecular formula is C57H37N3. The summed E-state index contributed by atoms with van der Waals surface area (Å²) >= 11 is 0. The molecule has 0 amide bonds. The Balaban J connectivity index is 1.11. The van der Waals surface area contributed by atoms with E-state index >= 15 is 0 Å². The van der Waals surface area contributed by atoms with Gasteiger partial charge in [0, 0.05) is 16.7 Å². The summed E-state index contributed by atoms with van der Waals surface area (Å²) in [4.78, 5) is 15.4. The van der Waals surface area contributed by atoms with E-state index in [0.717, 1.165) is 66.1 Å². The van der Waals surface area contributed by atoms with Crippen LogP contribution in [0.15, 0.2) is 224 Å². The van der Waals surface area contributed by atoms with Gasteiger partial charge >= 0.3 is 0 Å². The third-order valence-corrected chi connectivity index (χ3v) is 11.1. The molecule has 11 aromatic rings. The van der Waals surface area contributed by atoms with E-state index in [1.54, 1.807) is 0 Å². The minimum absolute atomic E-state index is 0.0968. The summed E-state index contributed by atoms with van der Waals surface area (Å²) in [5.41, 5.74) is 8.77. The van der Waals surface area contributed by atoms with Gasteiger partial charge in [-0.15, -0.1) is 0 Å². The zero-order valence-electron chi connectivity index (χ0n) is 37.3. The maximum atomic E-state index is 9.00. The lowest BCUT2D eigenvalue weighted by atomic mass is 9.93. The Kier molecular flexibility index (Phi) is 7.56. The molecule has 0 fully saturated rings. The van der Waals surface area contributed by atoms with Crippen molar-refractivity contribution in [3.05, 3.63) is 224 Å². The molecule has 3 nitrogen and oxygen atoms in total. The van der Waals surface area contributed by atoms with Gasteiger partial charge in [0.25, 0.3) is 0 Å². The number of rotatable bonds is 7. The van der Waals surface area contributed by atoms with Crippen molar-refractivity contribution >= 4 is 32.3 Å². The van der Waals surface area contributed by atoms with Crippen molar-refractivity contribution in [2.75, 3.05) is 0 Å². The summed E-state index contributed by atoms with van der Waals surface area (Å²) in [6, 6.07) is 64.1. The average Bonchev–Trinajstić information content (AvgIpc) is 3.37. The van der Waals surface area contributed by atoms with Crippen LogP contribution in [0.3, 0.4) is 0 Å². The van der Waals surface area contributed by atoms with Gasteiger partial charge in [0.2, 0.25) is 0 Å². The molecule has 0 radical (unpaired) electrons. The molecule has 0 aliphatic carbocycles. The number of aromatic nitrogens is 3. The summed E-state index contributed by atoms with van der Waals surface area (Å²) in [5.74, 6) is 1.32. The first kappa shape index (κ1) is 30.1. The normalized spacial score (nSPS) is 12.5. The molecule has 60 heavy (non-hydrogen) atoms. The second-order valence-corrected chi connectivity index (χ2v) is 14.9. The highest BCUT2D eigenvalue weighted by Gasteiger charge is 2.17. The minimum atomic E-state index is -0.447. The molecule has 0 saturated carbocycles.